The Morgan fingerprint density at radius 3 is 2.31 bits per heavy atom. The van der Waals surface area contributed by atoms with Crippen LogP contribution in [-0.4, -0.2) is 34.1 Å². The Balaban J connectivity index is 2.32. The fourth-order valence-electron chi connectivity index (χ4n) is 1.12. The zero-order valence-corrected chi connectivity index (χ0v) is 10.3. The van der Waals surface area contributed by atoms with Crippen LogP contribution in [-0.2, 0) is 21.2 Å². The van der Waals surface area contributed by atoms with Crippen LogP contribution < -0.4 is 4.74 Å². The van der Waals surface area contributed by atoms with Crippen molar-refractivity contribution in [3.8, 4) is 5.75 Å². The minimum absolute atomic E-state index is 0.0587. The van der Waals surface area contributed by atoms with Gasteiger partial charge in [0.05, 0.1) is 26.1 Å². The summed E-state index contributed by atoms with van der Waals surface area (Å²) in [6, 6.07) is 7.46. The molecule has 0 unspecified atom stereocenters. The van der Waals surface area contributed by atoms with Gasteiger partial charge >= 0.3 is 0 Å². The molecule has 0 heterocycles. The van der Waals surface area contributed by atoms with E-state index in [2.05, 4.69) is 0 Å². The molecule has 0 spiro atoms. The van der Waals surface area contributed by atoms with Crippen molar-refractivity contribution in [3.05, 3.63) is 29.8 Å². The summed E-state index contributed by atoms with van der Waals surface area (Å²) in [5, 5.41) is 0. The second-order valence-electron chi connectivity index (χ2n) is 3.53. The summed E-state index contributed by atoms with van der Waals surface area (Å²) in [6.45, 7) is 0.643. The van der Waals surface area contributed by atoms with Crippen molar-refractivity contribution in [2.45, 2.75) is 6.61 Å². The predicted molar refractivity (Wildman–Crippen MR) is 62.4 cm³/mol. The molecule has 0 N–H and O–H groups in total. The maximum atomic E-state index is 10.8. The highest BCUT2D eigenvalue weighted by Gasteiger charge is 2.01. The molecule has 4 nitrogen and oxygen atoms in total. The van der Waals surface area contributed by atoms with Crippen LogP contribution in [0.5, 0.6) is 5.75 Å². The zero-order chi connectivity index (χ0) is 12.0. The van der Waals surface area contributed by atoms with Crippen molar-refractivity contribution in [1.82, 2.24) is 0 Å². The molecule has 0 saturated heterocycles. The van der Waals surface area contributed by atoms with Crippen LogP contribution in [0.1, 0.15) is 5.56 Å². The second-order valence-corrected chi connectivity index (χ2v) is 5.79. The number of hydrogen-bond donors (Lipinski definition) is 0. The van der Waals surface area contributed by atoms with Crippen LogP contribution in [0.4, 0.5) is 0 Å². The molecular formula is C11H16O4S. The van der Waals surface area contributed by atoms with E-state index in [1.54, 1.807) is 7.11 Å². The van der Waals surface area contributed by atoms with E-state index in [0.29, 0.717) is 6.61 Å². The number of ether oxygens (including phenoxy) is 2. The van der Waals surface area contributed by atoms with Gasteiger partial charge in [-0.3, -0.25) is 0 Å². The molecule has 0 radical (unpaired) electrons. The maximum absolute atomic E-state index is 10.8. The van der Waals surface area contributed by atoms with E-state index in [0.717, 1.165) is 11.3 Å². The molecule has 1 rings (SSSR count). The first-order chi connectivity index (χ1) is 7.51. The highest BCUT2D eigenvalue weighted by atomic mass is 32.2. The number of methoxy groups -OCH3 is 1. The molecule has 0 amide bonds. The van der Waals surface area contributed by atoms with Crippen molar-refractivity contribution < 1.29 is 17.9 Å². The van der Waals surface area contributed by atoms with Crippen molar-refractivity contribution >= 4 is 9.84 Å². The lowest BCUT2D eigenvalue weighted by Crippen LogP contribution is -2.09. The van der Waals surface area contributed by atoms with E-state index < -0.39 is 9.84 Å². The van der Waals surface area contributed by atoms with Gasteiger partial charge in [-0.15, -0.1) is 0 Å². The highest BCUT2D eigenvalue weighted by molar-refractivity contribution is 7.90. The van der Waals surface area contributed by atoms with E-state index in [4.69, 9.17) is 9.47 Å². The van der Waals surface area contributed by atoms with E-state index >= 15 is 0 Å². The Morgan fingerprint density at radius 2 is 1.81 bits per heavy atom. The third-order valence-electron chi connectivity index (χ3n) is 2.03. The lowest BCUT2D eigenvalue weighted by Gasteiger charge is -2.04. The summed E-state index contributed by atoms with van der Waals surface area (Å²) in [7, 11) is -1.33. The summed E-state index contributed by atoms with van der Waals surface area (Å²) in [6.07, 6.45) is 1.20. The summed E-state index contributed by atoms with van der Waals surface area (Å²) in [5.41, 5.74) is 0.995. The fraction of sp³-hybridized carbons (Fsp3) is 0.455. The lowest BCUT2D eigenvalue weighted by atomic mass is 10.2. The lowest BCUT2D eigenvalue weighted by molar-refractivity contribution is 0.135. The topological polar surface area (TPSA) is 52.6 Å². The third-order valence-corrected chi connectivity index (χ3v) is 2.93. The molecule has 5 heteroatoms. The molecule has 0 atom stereocenters. The average Bonchev–Trinajstić information content (AvgIpc) is 2.24. The van der Waals surface area contributed by atoms with Crippen LogP contribution >= 0.6 is 0 Å². The molecule has 0 aliphatic carbocycles. The summed E-state index contributed by atoms with van der Waals surface area (Å²) in [5.74, 6) is 0.850. The van der Waals surface area contributed by atoms with Gasteiger partial charge in [-0.25, -0.2) is 8.42 Å². The number of sulfone groups is 1. The Kier molecular flexibility index (Phi) is 4.76. The van der Waals surface area contributed by atoms with Gasteiger partial charge in [-0.1, -0.05) is 12.1 Å². The monoisotopic (exact) mass is 244 g/mol. The maximum Gasteiger partial charge on any atom is 0.149 e. The number of hydrogen-bond acceptors (Lipinski definition) is 4. The standard InChI is InChI=1S/C11H16O4S/c1-14-11-5-3-10(4-6-11)9-15-7-8-16(2,12)13/h3-6H,7-9H2,1-2H3. The van der Waals surface area contributed by atoms with Gasteiger partial charge < -0.3 is 9.47 Å². The normalized spacial score (nSPS) is 11.4. The quantitative estimate of drug-likeness (QED) is 0.707. The van der Waals surface area contributed by atoms with Gasteiger partial charge in [0.25, 0.3) is 0 Å². The van der Waals surface area contributed by atoms with Crippen LogP contribution in [0.3, 0.4) is 0 Å². The van der Waals surface area contributed by atoms with Crippen LogP contribution in [0, 0.1) is 0 Å². The van der Waals surface area contributed by atoms with Crippen LogP contribution in [0.25, 0.3) is 0 Å². The molecule has 0 saturated carbocycles. The molecule has 0 bridgehead atoms. The molecule has 0 aliphatic rings. The summed E-state index contributed by atoms with van der Waals surface area (Å²) in [4.78, 5) is 0. The second kappa shape index (κ2) is 5.86. The van der Waals surface area contributed by atoms with Gasteiger partial charge in [0, 0.05) is 6.26 Å². The first-order valence-corrected chi connectivity index (χ1v) is 6.96. The molecule has 0 aromatic heterocycles. The number of benzene rings is 1. The molecule has 16 heavy (non-hydrogen) atoms. The largest absolute Gasteiger partial charge is 0.497 e. The molecular weight excluding hydrogens is 228 g/mol. The van der Waals surface area contributed by atoms with Crippen molar-refractivity contribution in [3.63, 3.8) is 0 Å². The molecule has 0 fully saturated rings. The van der Waals surface area contributed by atoms with E-state index in [-0.39, 0.29) is 12.4 Å². The average molecular weight is 244 g/mol. The van der Waals surface area contributed by atoms with Gasteiger partial charge in [0.15, 0.2) is 0 Å². The van der Waals surface area contributed by atoms with Crippen molar-refractivity contribution in [2.75, 3.05) is 25.7 Å². The molecule has 1 aromatic carbocycles. The van der Waals surface area contributed by atoms with Gasteiger partial charge in [-0.2, -0.15) is 0 Å². The van der Waals surface area contributed by atoms with E-state index in [9.17, 15) is 8.42 Å². The Bertz CT molecular complexity index is 408. The Hall–Kier alpha value is -1.07. The minimum Gasteiger partial charge on any atom is -0.497 e. The van der Waals surface area contributed by atoms with Crippen LogP contribution in [0.15, 0.2) is 24.3 Å². The van der Waals surface area contributed by atoms with E-state index in [1.807, 2.05) is 24.3 Å². The summed E-state index contributed by atoms with van der Waals surface area (Å²) >= 11 is 0. The fourth-order valence-corrected chi connectivity index (χ4v) is 1.54. The zero-order valence-electron chi connectivity index (χ0n) is 9.47. The van der Waals surface area contributed by atoms with Gasteiger partial charge in [-0.05, 0) is 17.7 Å². The Morgan fingerprint density at radius 1 is 1.19 bits per heavy atom. The summed E-state index contributed by atoms with van der Waals surface area (Å²) < 4.78 is 31.9. The first-order valence-electron chi connectivity index (χ1n) is 4.89. The predicted octanol–water partition coefficient (Wildman–Crippen LogP) is 1.26. The van der Waals surface area contributed by atoms with Crippen molar-refractivity contribution in [2.24, 2.45) is 0 Å². The Labute approximate surface area is 96.1 Å². The van der Waals surface area contributed by atoms with Gasteiger partial charge in [0.2, 0.25) is 0 Å². The van der Waals surface area contributed by atoms with Crippen LogP contribution in [0.2, 0.25) is 0 Å². The highest BCUT2D eigenvalue weighted by Crippen LogP contribution is 2.11. The smallest absolute Gasteiger partial charge is 0.149 e. The molecule has 1 aromatic rings. The molecule has 0 aliphatic heterocycles. The minimum atomic E-state index is -2.93. The first kappa shape index (κ1) is 13.0. The SMILES string of the molecule is COc1ccc(COCCS(C)(=O)=O)cc1. The van der Waals surface area contributed by atoms with Crippen molar-refractivity contribution in [1.29, 1.82) is 0 Å². The number of rotatable bonds is 6. The van der Waals surface area contributed by atoms with Gasteiger partial charge in [0.1, 0.15) is 15.6 Å². The third kappa shape index (κ3) is 5.14. The molecule has 90 valence electrons. The van der Waals surface area contributed by atoms with E-state index in [1.165, 1.54) is 6.26 Å².